The molecule has 24 heavy (non-hydrogen) atoms. The van der Waals surface area contributed by atoms with Crippen LogP contribution in [0, 0.1) is 5.82 Å². The smallest absolute Gasteiger partial charge is 0.191 e. The zero-order valence-electron chi connectivity index (χ0n) is 14.2. The van der Waals surface area contributed by atoms with Gasteiger partial charge in [-0.2, -0.15) is 0 Å². The third-order valence-electron chi connectivity index (χ3n) is 3.40. The molecule has 0 aliphatic heterocycles. The van der Waals surface area contributed by atoms with Gasteiger partial charge in [0.1, 0.15) is 11.6 Å². The van der Waals surface area contributed by atoms with Crippen molar-refractivity contribution in [2.45, 2.75) is 26.9 Å². The highest BCUT2D eigenvalue weighted by atomic mass is 19.1. The molecular weight excluding hydrogens is 305 g/mol. The molecule has 0 unspecified atom stereocenters. The fourth-order valence-corrected chi connectivity index (χ4v) is 2.23. The SMILES string of the molecule is CCNC(=NCc1ccc(F)cc1)NCc1ccccc1OCC. The molecule has 0 atom stereocenters. The number of nitrogens with one attached hydrogen (secondary N) is 2. The van der Waals surface area contributed by atoms with Gasteiger partial charge in [0, 0.05) is 18.7 Å². The zero-order valence-corrected chi connectivity index (χ0v) is 14.2. The van der Waals surface area contributed by atoms with Crippen molar-refractivity contribution >= 4 is 5.96 Å². The minimum absolute atomic E-state index is 0.236. The first kappa shape index (κ1) is 17.8. The number of hydrogen-bond donors (Lipinski definition) is 2. The van der Waals surface area contributed by atoms with E-state index in [0.29, 0.717) is 25.7 Å². The van der Waals surface area contributed by atoms with Crippen LogP contribution in [0.15, 0.2) is 53.5 Å². The Balaban J connectivity index is 2.00. The molecule has 4 nitrogen and oxygen atoms in total. The van der Waals surface area contributed by atoms with Gasteiger partial charge in [-0.25, -0.2) is 9.38 Å². The Morgan fingerprint density at radius 1 is 1.04 bits per heavy atom. The molecule has 0 heterocycles. The number of halogens is 1. The molecule has 5 heteroatoms. The van der Waals surface area contributed by atoms with Gasteiger partial charge in [0.15, 0.2) is 5.96 Å². The van der Waals surface area contributed by atoms with Crippen molar-refractivity contribution in [3.05, 3.63) is 65.5 Å². The summed E-state index contributed by atoms with van der Waals surface area (Å²) in [7, 11) is 0. The van der Waals surface area contributed by atoms with Gasteiger partial charge < -0.3 is 15.4 Å². The van der Waals surface area contributed by atoms with E-state index in [1.165, 1.54) is 12.1 Å². The first-order valence-corrected chi connectivity index (χ1v) is 8.20. The van der Waals surface area contributed by atoms with Gasteiger partial charge in [0.05, 0.1) is 13.2 Å². The quantitative estimate of drug-likeness (QED) is 0.604. The summed E-state index contributed by atoms with van der Waals surface area (Å²) in [4.78, 5) is 4.54. The predicted molar refractivity (Wildman–Crippen MR) is 95.7 cm³/mol. The summed E-state index contributed by atoms with van der Waals surface area (Å²) in [5, 5.41) is 6.51. The van der Waals surface area contributed by atoms with Crippen LogP contribution in [0.3, 0.4) is 0 Å². The zero-order chi connectivity index (χ0) is 17.2. The Bertz CT molecular complexity index is 656. The summed E-state index contributed by atoms with van der Waals surface area (Å²) in [6.45, 7) is 6.49. The highest BCUT2D eigenvalue weighted by molar-refractivity contribution is 5.79. The molecule has 0 saturated carbocycles. The Morgan fingerprint density at radius 3 is 2.50 bits per heavy atom. The Hall–Kier alpha value is -2.56. The molecule has 0 aliphatic rings. The van der Waals surface area contributed by atoms with E-state index in [4.69, 9.17) is 4.74 Å². The van der Waals surface area contributed by atoms with E-state index in [0.717, 1.165) is 23.4 Å². The molecule has 2 aromatic rings. The first-order chi connectivity index (χ1) is 11.7. The maximum Gasteiger partial charge on any atom is 0.191 e. The summed E-state index contributed by atoms with van der Waals surface area (Å²) >= 11 is 0. The number of ether oxygens (including phenoxy) is 1. The topological polar surface area (TPSA) is 45.7 Å². The third-order valence-corrected chi connectivity index (χ3v) is 3.40. The van der Waals surface area contributed by atoms with Crippen molar-refractivity contribution in [2.75, 3.05) is 13.2 Å². The van der Waals surface area contributed by atoms with E-state index in [1.807, 2.05) is 38.1 Å². The van der Waals surface area contributed by atoms with Crippen LogP contribution in [-0.2, 0) is 13.1 Å². The second-order valence-corrected chi connectivity index (χ2v) is 5.22. The molecule has 0 bridgehead atoms. The van der Waals surface area contributed by atoms with Crippen LogP contribution in [-0.4, -0.2) is 19.1 Å². The summed E-state index contributed by atoms with van der Waals surface area (Å²) in [6, 6.07) is 14.3. The molecule has 0 saturated heterocycles. The molecule has 2 aromatic carbocycles. The highest BCUT2D eigenvalue weighted by Gasteiger charge is 2.04. The van der Waals surface area contributed by atoms with E-state index < -0.39 is 0 Å². The number of hydrogen-bond acceptors (Lipinski definition) is 2. The highest BCUT2D eigenvalue weighted by Crippen LogP contribution is 2.17. The van der Waals surface area contributed by atoms with Crippen molar-refractivity contribution < 1.29 is 9.13 Å². The molecule has 0 fully saturated rings. The number of benzene rings is 2. The van der Waals surface area contributed by atoms with Crippen LogP contribution in [0.1, 0.15) is 25.0 Å². The summed E-state index contributed by atoms with van der Waals surface area (Å²) in [6.07, 6.45) is 0. The lowest BCUT2D eigenvalue weighted by Gasteiger charge is -2.14. The minimum atomic E-state index is -0.236. The number of rotatable bonds is 7. The lowest BCUT2D eigenvalue weighted by atomic mass is 10.2. The lowest BCUT2D eigenvalue weighted by molar-refractivity contribution is 0.336. The second-order valence-electron chi connectivity index (χ2n) is 5.22. The van der Waals surface area contributed by atoms with Crippen molar-refractivity contribution in [1.82, 2.24) is 10.6 Å². The molecule has 0 aromatic heterocycles. The Labute approximate surface area is 142 Å². The monoisotopic (exact) mass is 329 g/mol. The van der Waals surface area contributed by atoms with Gasteiger partial charge in [-0.05, 0) is 37.6 Å². The van der Waals surface area contributed by atoms with Gasteiger partial charge in [0.2, 0.25) is 0 Å². The first-order valence-electron chi connectivity index (χ1n) is 8.20. The standard InChI is InChI=1S/C19H24FN3O/c1-3-21-19(22-13-15-9-11-17(20)12-10-15)23-14-16-7-5-6-8-18(16)24-4-2/h5-12H,3-4,13-14H2,1-2H3,(H2,21,22,23). The second kappa shape index (κ2) is 9.55. The molecule has 2 N–H and O–H groups in total. The summed E-state index contributed by atoms with van der Waals surface area (Å²) < 4.78 is 18.6. The van der Waals surface area contributed by atoms with Crippen LogP contribution in [0.4, 0.5) is 4.39 Å². The number of guanidine groups is 1. The van der Waals surface area contributed by atoms with E-state index in [-0.39, 0.29) is 5.82 Å². The maximum absolute atomic E-state index is 12.9. The van der Waals surface area contributed by atoms with Crippen LogP contribution in [0.2, 0.25) is 0 Å². The molecule has 128 valence electrons. The Morgan fingerprint density at radius 2 is 1.79 bits per heavy atom. The van der Waals surface area contributed by atoms with Crippen LogP contribution in [0.5, 0.6) is 5.75 Å². The van der Waals surface area contributed by atoms with Crippen molar-refractivity contribution in [2.24, 2.45) is 4.99 Å². The van der Waals surface area contributed by atoms with Gasteiger partial charge >= 0.3 is 0 Å². The van der Waals surface area contributed by atoms with Crippen LogP contribution in [0.25, 0.3) is 0 Å². The molecule has 0 aliphatic carbocycles. The van der Waals surface area contributed by atoms with Crippen molar-refractivity contribution in [3.63, 3.8) is 0 Å². The fourth-order valence-electron chi connectivity index (χ4n) is 2.23. The number of aliphatic imine (C=N–C) groups is 1. The number of nitrogens with zero attached hydrogens (tertiary/aromatic N) is 1. The van der Waals surface area contributed by atoms with Gasteiger partial charge in [0.25, 0.3) is 0 Å². The third kappa shape index (κ3) is 5.57. The molecule has 0 radical (unpaired) electrons. The molecular formula is C19H24FN3O. The summed E-state index contributed by atoms with van der Waals surface area (Å²) in [5.74, 6) is 1.36. The Kier molecular flexibility index (Phi) is 7.08. The molecule has 0 amide bonds. The van der Waals surface area contributed by atoms with E-state index >= 15 is 0 Å². The van der Waals surface area contributed by atoms with Gasteiger partial charge in [-0.3, -0.25) is 0 Å². The lowest BCUT2D eigenvalue weighted by Crippen LogP contribution is -2.36. The minimum Gasteiger partial charge on any atom is -0.494 e. The van der Waals surface area contributed by atoms with E-state index in [1.54, 1.807) is 12.1 Å². The van der Waals surface area contributed by atoms with Gasteiger partial charge in [-0.1, -0.05) is 30.3 Å². The van der Waals surface area contributed by atoms with Crippen LogP contribution >= 0.6 is 0 Å². The average molecular weight is 329 g/mol. The van der Waals surface area contributed by atoms with E-state index in [2.05, 4.69) is 15.6 Å². The van der Waals surface area contributed by atoms with Crippen LogP contribution < -0.4 is 15.4 Å². The normalized spacial score (nSPS) is 11.2. The van der Waals surface area contributed by atoms with Crippen molar-refractivity contribution in [3.8, 4) is 5.75 Å². The van der Waals surface area contributed by atoms with E-state index in [9.17, 15) is 4.39 Å². The maximum atomic E-state index is 12.9. The molecule has 0 spiro atoms. The fraction of sp³-hybridized carbons (Fsp3) is 0.316. The molecule has 2 rings (SSSR count). The van der Waals surface area contributed by atoms with Crippen molar-refractivity contribution in [1.29, 1.82) is 0 Å². The number of para-hydroxylation sites is 1. The predicted octanol–water partition coefficient (Wildman–Crippen LogP) is 3.48. The van der Waals surface area contributed by atoms with Gasteiger partial charge in [-0.15, -0.1) is 0 Å². The average Bonchev–Trinajstić information content (AvgIpc) is 2.60. The summed E-state index contributed by atoms with van der Waals surface area (Å²) in [5.41, 5.74) is 2.04. The largest absolute Gasteiger partial charge is 0.494 e.